The molecule has 0 radical (unpaired) electrons. The Labute approximate surface area is 139 Å². The number of ether oxygens (including phenoxy) is 1. The summed E-state index contributed by atoms with van der Waals surface area (Å²) in [4.78, 5) is 0. The van der Waals surface area contributed by atoms with Crippen molar-refractivity contribution < 1.29 is 4.74 Å². The summed E-state index contributed by atoms with van der Waals surface area (Å²) in [6.45, 7) is 2.05. The highest BCUT2D eigenvalue weighted by Gasteiger charge is 2.11. The summed E-state index contributed by atoms with van der Waals surface area (Å²) in [7, 11) is 0. The van der Waals surface area contributed by atoms with Crippen molar-refractivity contribution in [1.29, 1.82) is 0 Å². The fourth-order valence-electron chi connectivity index (χ4n) is 1.91. The minimum atomic E-state index is 0.0562. The zero-order valence-corrected chi connectivity index (χ0v) is 13.8. The maximum absolute atomic E-state index is 6.13. The molecule has 21 heavy (non-hydrogen) atoms. The van der Waals surface area contributed by atoms with Gasteiger partial charge in [0.05, 0.1) is 5.02 Å². The van der Waals surface area contributed by atoms with E-state index in [1.807, 2.05) is 19.1 Å². The van der Waals surface area contributed by atoms with Crippen LogP contribution in [0.3, 0.4) is 0 Å². The molecule has 1 unspecified atom stereocenters. The molecule has 2 N–H and O–H groups in total. The summed E-state index contributed by atoms with van der Waals surface area (Å²) < 4.78 is 5.89. The molecule has 2 aromatic rings. The first-order valence-electron chi connectivity index (χ1n) is 6.66. The summed E-state index contributed by atoms with van der Waals surface area (Å²) >= 11 is 18.2. The van der Waals surface area contributed by atoms with Crippen molar-refractivity contribution in [2.75, 3.05) is 0 Å². The first-order chi connectivity index (χ1) is 9.99. The van der Waals surface area contributed by atoms with Gasteiger partial charge in [0.15, 0.2) is 0 Å². The second kappa shape index (κ2) is 7.37. The molecule has 5 heteroatoms. The van der Waals surface area contributed by atoms with Crippen LogP contribution in [0.25, 0.3) is 0 Å². The molecule has 0 amide bonds. The maximum atomic E-state index is 6.13. The molecule has 0 aliphatic heterocycles. The van der Waals surface area contributed by atoms with Crippen LogP contribution >= 0.6 is 34.8 Å². The van der Waals surface area contributed by atoms with Gasteiger partial charge in [0, 0.05) is 22.2 Å². The van der Waals surface area contributed by atoms with Gasteiger partial charge in [-0.3, -0.25) is 0 Å². The van der Waals surface area contributed by atoms with Crippen LogP contribution in [0.2, 0.25) is 15.1 Å². The molecule has 2 rings (SSSR count). The van der Waals surface area contributed by atoms with Crippen LogP contribution in [-0.4, -0.2) is 6.04 Å². The van der Waals surface area contributed by atoms with Crippen molar-refractivity contribution >= 4 is 34.8 Å². The molecule has 2 nitrogen and oxygen atoms in total. The predicted molar refractivity (Wildman–Crippen MR) is 90.0 cm³/mol. The van der Waals surface area contributed by atoms with Crippen LogP contribution in [0, 0.1) is 0 Å². The molecule has 0 fully saturated rings. The lowest BCUT2D eigenvalue weighted by Crippen LogP contribution is -2.21. The normalized spacial score (nSPS) is 12.2. The van der Waals surface area contributed by atoms with Crippen molar-refractivity contribution in [2.45, 2.75) is 25.8 Å². The highest BCUT2D eigenvalue weighted by Crippen LogP contribution is 2.34. The number of hydrogen-bond donors (Lipinski definition) is 1. The van der Waals surface area contributed by atoms with Gasteiger partial charge in [-0.15, -0.1) is 0 Å². The van der Waals surface area contributed by atoms with Gasteiger partial charge in [0.25, 0.3) is 0 Å². The Balaban J connectivity index is 2.32. The molecular formula is C16H16Cl3NO. The third kappa shape index (κ3) is 4.52. The zero-order chi connectivity index (χ0) is 15.4. The molecular weight excluding hydrogens is 329 g/mol. The first-order valence-corrected chi connectivity index (χ1v) is 7.80. The van der Waals surface area contributed by atoms with Crippen molar-refractivity contribution in [3.8, 4) is 11.5 Å². The summed E-state index contributed by atoms with van der Waals surface area (Å²) in [5.41, 5.74) is 6.98. The molecule has 0 aromatic heterocycles. The van der Waals surface area contributed by atoms with Crippen LogP contribution < -0.4 is 10.5 Å². The predicted octanol–water partition coefficient (Wildman–Crippen LogP) is 5.72. The number of halogens is 3. The standard InChI is InChI=1S/C16H16Cl3NO/c1-2-13(20)8-10-7-11(17)4-6-15(10)21-16-9-12(18)3-5-14(16)19/h3-7,9,13H,2,8,20H2,1H3. The van der Waals surface area contributed by atoms with E-state index in [-0.39, 0.29) is 6.04 Å². The lowest BCUT2D eigenvalue weighted by atomic mass is 10.0. The Morgan fingerprint density at radius 3 is 2.38 bits per heavy atom. The molecule has 0 aliphatic rings. The Bertz CT molecular complexity index is 631. The number of rotatable bonds is 5. The summed E-state index contributed by atoms with van der Waals surface area (Å²) in [5, 5.41) is 1.72. The van der Waals surface area contributed by atoms with Crippen LogP contribution in [0.15, 0.2) is 36.4 Å². The number of hydrogen-bond acceptors (Lipinski definition) is 2. The second-order valence-electron chi connectivity index (χ2n) is 4.80. The van der Waals surface area contributed by atoms with E-state index in [4.69, 9.17) is 45.3 Å². The van der Waals surface area contributed by atoms with Gasteiger partial charge in [-0.05, 0) is 48.7 Å². The fourth-order valence-corrected chi connectivity index (χ4v) is 2.42. The molecule has 1 atom stereocenters. The highest BCUT2D eigenvalue weighted by molar-refractivity contribution is 6.34. The molecule has 0 aliphatic carbocycles. The third-order valence-electron chi connectivity index (χ3n) is 3.14. The average molecular weight is 345 g/mol. The number of nitrogens with two attached hydrogens (primary N) is 1. The monoisotopic (exact) mass is 343 g/mol. The highest BCUT2D eigenvalue weighted by atomic mass is 35.5. The third-order valence-corrected chi connectivity index (χ3v) is 3.92. The van der Waals surface area contributed by atoms with Gasteiger partial charge in [-0.25, -0.2) is 0 Å². The van der Waals surface area contributed by atoms with Crippen LogP contribution in [0.1, 0.15) is 18.9 Å². The van der Waals surface area contributed by atoms with E-state index in [0.29, 0.717) is 33.0 Å². The van der Waals surface area contributed by atoms with E-state index in [2.05, 4.69) is 0 Å². The zero-order valence-electron chi connectivity index (χ0n) is 11.6. The van der Waals surface area contributed by atoms with E-state index < -0.39 is 0 Å². The van der Waals surface area contributed by atoms with Gasteiger partial charge in [-0.1, -0.05) is 41.7 Å². The summed E-state index contributed by atoms with van der Waals surface area (Å²) in [5.74, 6) is 1.20. The smallest absolute Gasteiger partial charge is 0.147 e. The van der Waals surface area contributed by atoms with E-state index in [9.17, 15) is 0 Å². The van der Waals surface area contributed by atoms with Gasteiger partial charge in [-0.2, -0.15) is 0 Å². The Morgan fingerprint density at radius 2 is 1.67 bits per heavy atom. The summed E-state index contributed by atoms with van der Waals surface area (Å²) in [6, 6.07) is 10.6. The second-order valence-corrected chi connectivity index (χ2v) is 6.08. The van der Waals surface area contributed by atoms with E-state index in [1.54, 1.807) is 24.3 Å². The largest absolute Gasteiger partial charge is 0.455 e. The quantitative estimate of drug-likeness (QED) is 0.753. The SMILES string of the molecule is CCC(N)Cc1cc(Cl)ccc1Oc1cc(Cl)ccc1Cl. The molecule has 0 heterocycles. The van der Waals surface area contributed by atoms with Gasteiger partial charge < -0.3 is 10.5 Å². The minimum Gasteiger partial charge on any atom is -0.455 e. The molecule has 112 valence electrons. The number of benzene rings is 2. The first kappa shape index (κ1) is 16.4. The lowest BCUT2D eigenvalue weighted by Gasteiger charge is -2.15. The van der Waals surface area contributed by atoms with Gasteiger partial charge >= 0.3 is 0 Å². The van der Waals surface area contributed by atoms with Crippen LogP contribution in [0.4, 0.5) is 0 Å². The van der Waals surface area contributed by atoms with Crippen LogP contribution in [-0.2, 0) is 6.42 Å². The van der Waals surface area contributed by atoms with Crippen molar-refractivity contribution in [1.82, 2.24) is 0 Å². The molecule has 0 bridgehead atoms. The van der Waals surface area contributed by atoms with E-state index >= 15 is 0 Å². The Hall–Kier alpha value is -0.930. The van der Waals surface area contributed by atoms with Crippen molar-refractivity contribution in [3.63, 3.8) is 0 Å². The van der Waals surface area contributed by atoms with E-state index in [0.717, 1.165) is 12.0 Å². The average Bonchev–Trinajstić information content (AvgIpc) is 2.45. The van der Waals surface area contributed by atoms with Crippen molar-refractivity contribution in [2.24, 2.45) is 5.73 Å². The lowest BCUT2D eigenvalue weighted by molar-refractivity contribution is 0.472. The van der Waals surface area contributed by atoms with Crippen molar-refractivity contribution in [3.05, 3.63) is 57.0 Å². The fraction of sp³-hybridized carbons (Fsp3) is 0.250. The molecule has 0 saturated carbocycles. The van der Waals surface area contributed by atoms with Crippen LogP contribution in [0.5, 0.6) is 11.5 Å². The summed E-state index contributed by atoms with van der Waals surface area (Å²) in [6.07, 6.45) is 1.56. The van der Waals surface area contributed by atoms with Gasteiger partial charge in [0.2, 0.25) is 0 Å². The Kier molecular flexibility index (Phi) is 5.77. The minimum absolute atomic E-state index is 0.0562. The molecule has 2 aromatic carbocycles. The molecule has 0 spiro atoms. The Morgan fingerprint density at radius 1 is 1.00 bits per heavy atom. The topological polar surface area (TPSA) is 35.2 Å². The van der Waals surface area contributed by atoms with E-state index in [1.165, 1.54) is 0 Å². The molecule has 0 saturated heterocycles. The van der Waals surface area contributed by atoms with Gasteiger partial charge in [0.1, 0.15) is 11.5 Å². The maximum Gasteiger partial charge on any atom is 0.147 e.